The molecule has 3 aromatic rings. The Labute approximate surface area is 223 Å². The van der Waals surface area contributed by atoms with Gasteiger partial charge in [0.15, 0.2) is 11.5 Å². The number of ketones is 1. The standard InChI is InChI=1S/C28H28F4N4O3/c1-18(36-13-11-35(2)12-14-36)27(38)34-24-16-20(8-10-26(24)39-28(30,31)32)25(37)15-19-7-9-23(33-17-19)21-5-3-4-6-22(21)29/h3-10,16-18H,11-15H2,1-2H3,(H,34,38)/t18-/m0/s1. The minimum absolute atomic E-state index is 0.0882. The number of likely N-dealkylation sites (N-methyl/N-ethyl adjacent to an activating group) is 1. The largest absolute Gasteiger partial charge is 0.573 e. The second-order valence-electron chi connectivity index (χ2n) is 9.39. The van der Waals surface area contributed by atoms with Gasteiger partial charge in [-0.25, -0.2) is 4.39 Å². The predicted octanol–water partition coefficient (Wildman–Crippen LogP) is 4.79. The zero-order chi connectivity index (χ0) is 28.2. The van der Waals surface area contributed by atoms with E-state index in [0.29, 0.717) is 29.9 Å². The van der Waals surface area contributed by atoms with E-state index in [1.165, 1.54) is 24.4 Å². The van der Waals surface area contributed by atoms with Crippen molar-refractivity contribution in [2.75, 3.05) is 38.5 Å². The van der Waals surface area contributed by atoms with Crippen LogP contribution in [0.3, 0.4) is 0 Å². The van der Waals surface area contributed by atoms with Crippen LogP contribution < -0.4 is 10.1 Å². The molecular weight excluding hydrogens is 516 g/mol. The number of hydrogen-bond donors (Lipinski definition) is 1. The lowest BCUT2D eigenvalue weighted by atomic mass is 10.0. The number of aromatic nitrogens is 1. The highest BCUT2D eigenvalue weighted by molar-refractivity contribution is 6.01. The molecule has 206 valence electrons. The predicted molar refractivity (Wildman–Crippen MR) is 138 cm³/mol. The molecule has 0 bridgehead atoms. The van der Waals surface area contributed by atoms with Crippen LogP contribution in [0.5, 0.6) is 5.75 Å². The third kappa shape index (κ3) is 7.39. The minimum atomic E-state index is -4.99. The fraction of sp³-hybridized carbons (Fsp3) is 0.321. The molecular formula is C28H28F4N4O3. The average Bonchev–Trinajstić information content (AvgIpc) is 2.89. The van der Waals surface area contributed by atoms with Crippen molar-refractivity contribution in [2.45, 2.75) is 25.7 Å². The smallest absolute Gasteiger partial charge is 0.404 e. The number of anilines is 1. The second-order valence-corrected chi connectivity index (χ2v) is 9.39. The molecule has 2 aromatic carbocycles. The Bertz CT molecular complexity index is 1320. The van der Waals surface area contributed by atoms with E-state index in [0.717, 1.165) is 19.2 Å². The molecule has 1 fully saturated rings. The number of alkyl halides is 3. The lowest BCUT2D eigenvalue weighted by Gasteiger charge is -2.35. The van der Waals surface area contributed by atoms with Crippen LogP contribution in [0.1, 0.15) is 22.8 Å². The van der Waals surface area contributed by atoms with E-state index in [1.807, 2.05) is 11.9 Å². The van der Waals surface area contributed by atoms with E-state index in [4.69, 9.17) is 0 Å². The Morgan fingerprint density at radius 1 is 1.05 bits per heavy atom. The zero-order valence-corrected chi connectivity index (χ0v) is 21.5. The monoisotopic (exact) mass is 544 g/mol. The molecule has 2 heterocycles. The molecule has 0 saturated carbocycles. The first kappa shape index (κ1) is 28.2. The van der Waals surface area contributed by atoms with Gasteiger partial charge in [-0.05, 0) is 55.9 Å². The van der Waals surface area contributed by atoms with Crippen LogP contribution in [0.25, 0.3) is 11.3 Å². The van der Waals surface area contributed by atoms with Crippen LogP contribution in [-0.4, -0.2) is 72.1 Å². The first-order valence-corrected chi connectivity index (χ1v) is 12.4. The number of hydrogen-bond acceptors (Lipinski definition) is 6. The number of pyridine rings is 1. The number of carbonyl (C=O) groups excluding carboxylic acids is 2. The Hall–Kier alpha value is -3.83. The molecule has 0 spiro atoms. The van der Waals surface area contributed by atoms with Gasteiger partial charge in [-0.1, -0.05) is 18.2 Å². The number of halogens is 4. The van der Waals surface area contributed by atoms with Crippen molar-refractivity contribution in [3.05, 3.63) is 77.7 Å². The molecule has 1 atom stereocenters. The Balaban J connectivity index is 1.51. The molecule has 11 heteroatoms. The number of nitrogens with zero attached hydrogens (tertiary/aromatic N) is 3. The van der Waals surface area contributed by atoms with Crippen LogP contribution >= 0.6 is 0 Å². The fourth-order valence-corrected chi connectivity index (χ4v) is 4.27. The van der Waals surface area contributed by atoms with Gasteiger partial charge in [0.05, 0.1) is 17.4 Å². The van der Waals surface area contributed by atoms with Gasteiger partial charge in [0.1, 0.15) is 5.82 Å². The van der Waals surface area contributed by atoms with Gasteiger partial charge in [-0.15, -0.1) is 13.2 Å². The molecule has 7 nitrogen and oxygen atoms in total. The molecule has 39 heavy (non-hydrogen) atoms. The summed E-state index contributed by atoms with van der Waals surface area (Å²) in [5.74, 6) is -1.96. The average molecular weight is 545 g/mol. The van der Waals surface area contributed by atoms with E-state index < -0.39 is 35.7 Å². The first-order valence-electron chi connectivity index (χ1n) is 12.4. The Morgan fingerprint density at radius 2 is 1.77 bits per heavy atom. The number of rotatable bonds is 8. The third-order valence-corrected chi connectivity index (χ3v) is 6.59. The van der Waals surface area contributed by atoms with E-state index in [9.17, 15) is 27.2 Å². The summed E-state index contributed by atoms with van der Waals surface area (Å²) >= 11 is 0. The first-order chi connectivity index (χ1) is 18.5. The number of benzene rings is 2. The second kappa shape index (κ2) is 11.9. The van der Waals surface area contributed by atoms with Crippen molar-refractivity contribution >= 4 is 17.4 Å². The number of carbonyl (C=O) groups is 2. The SMILES string of the molecule is C[C@@H](C(=O)Nc1cc(C(=O)Cc2ccc(-c3ccccc3F)nc2)ccc1OC(F)(F)F)N1CCN(C)CC1. The molecule has 0 aliphatic carbocycles. The van der Waals surface area contributed by atoms with Crippen LogP contribution in [0.4, 0.5) is 23.2 Å². The highest BCUT2D eigenvalue weighted by atomic mass is 19.4. The van der Waals surface area contributed by atoms with Gasteiger partial charge in [-0.2, -0.15) is 0 Å². The lowest BCUT2D eigenvalue weighted by molar-refractivity contribution is -0.274. The highest BCUT2D eigenvalue weighted by Crippen LogP contribution is 2.32. The number of nitrogens with one attached hydrogen (secondary N) is 1. The van der Waals surface area contributed by atoms with Gasteiger partial charge >= 0.3 is 6.36 Å². The summed E-state index contributed by atoms with van der Waals surface area (Å²) < 4.78 is 57.2. The highest BCUT2D eigenvalue weighted by Gasteiger charge is 2.33. The molecule has 1 N–H and O–H groups in total. The quantitative estimate of drug-likeness (QED) is 0.325. The van der Waals surface area contributed by atoms with Gasteiger partial charge in [-0.3, -0.25) is 19.5 Å². The molecule has 1 aliphatic heterocycles. The van der Waals surface area contributed by atoms with Crippen LogP contribution in [0, 0.1) is 5.82 Å². The normalized spacial score (nSPS) is 15.5. The van der Waals surface area contributed by atoms with Crippen molar-refractivity contribution in [3.8, 4) is 17.0 Å². The summed E-state index contributed by atoms with van der Waals surface area (Å²) in [7, 11) is 1.97. The van der Waals surface area contributed by atoms with Crippen LogP contribution in [-0.2, 0) is 11.2 Å². The molecule has 1 saturated heterocycles. The van der Waals surface area contributed by atoms with Crippen molar-refractivity contribution in [1.29, 1.82) is 0 Å². The Kier molecular flexibility index (Phi) is 8.61. The number of amides is 1. The van der Waals surface area contributed by atoms with Crippen LogP contribution in [0.2, 0.25) is 0 Å². The molecule has 1 amide bonds. The van der Waals surface area contributed by atoms with Crippen molar-refractivity contribution in [1.82, 2.24) is 14.8 Å². The fourth-order valence-electron chi connectivity index (χ4n) is 4.27. The maximum atomic E-state index is 14.0. The summed E-state index contributed by atoms with van der Waals surface area (Å²) in [4.78, 5) is 34.2. The van der Waals surface area contributed by atoms with E-state index in [-0.39, 0.29) is 17.7 Å². The number of ether oxygens (including phenoxy) is 1. The summed E-state index contributed by atoms with van der Waals surface area (Å²) in [5.41, 5.74) is 1.09. The van der Waals surface area contributed by atoms with E-state index in [2.05, 4.69) is 19.9 Å². The lowest BCUT2D eigenvalue weighted by Crippen LogP contribution is -2.51. The number of Topliss-reactive ketones (excluding diaryl/α,β-unsaturated/α-hetero) is 1. The third-order valence-electron chi connectivity index (χ3n) is 6.59. The molecule has 1 aliphatic rings. The van der Waals surface area contributed by atoms with E-state index in [1.54, 1.807) is 37.3 Å². The molecule has 4 rings (SSSR count). The zero-order valence-electron chi connectivity index (χ0n) is 21.5. The van der Waals surface area contributed by atoms with Gasteiger partial charge < -0.3 is 15.0 Å². The van der Waals surface area contributed by atoms with Crippen LogP contribution in [0.15, 0.2) is 60.8 Å². The molecule has 0 radical (unpaired) electrons. The van der Waals surface area contributed by atoms with Gasteiger partial charge in [0.25, 0.3) is 0 Å². The number of piperazine rings is 1. The van der Waals surface area contributed by atoms with Crippen molar-refractivity contribution < 1.29 is 31.9 Å². The Morgan fingerprint density at radius 3 is 2.41 bits per heavy atom. The van der Waals surface area contributed by atoms with Crippen molar-refractivity contribution in [2.24, 2.45) is 0 Å². The molecule has 1 aromatic heterocycles. The summed E-state index contributed by atoms with van der Waals surface area (Å²) in [5, 5.41) is 2.51. The maximum absolute atomic E-state index is 14.0. The minimum Gasteiger partial charge on any atom is -0.404 e. The van der Waals surface area contributed by atoms with Crippen molar-refractivity contribution in [3.63, 3.8) is 0 Å². The summed E-state index contributed by atoms with van der Waals surface area (Å²) in [6.07, 6.45) is -3.64. The topological polar surface area (TPSA) is 74.8 Å². The summed E-state index contributed by atoms with van der Waals surface area (Å²) in [6.45, 7) is 4.48. The van der Waals surface area contributed by atoms with Gasteiger partial charge in [0, 0.05) is 49.9 Å². The van der Waals surface area contributed by atoms with E-state index >= 15 is 0 Å². The molecule has 0 unspecified atom stereocenters. The van der Waals surface area contributed by atoms with Gasteiger partial charge in [0.2, 0.25) is 5.91 Å². The maximum Gasteiger partial charge on any atom is 0.573 e. The summed E-state index contributed by atoms with van der Waals surface area (Å²) in [6, 6.07) is 12.2.